The molecule has 0 aliphatic carbocycles. The smallest absolute Gasteiger partial charge is 0.263 e. The third-order valence-corrected chi connectivity index (χ3v) is 6.32. The molecule has 1 fully saturated rings. The van der Waals surface area contributed by atoms with Crippen LogP contribution in [0.4, 0.5) is 20.3 Å². The maximum Gasteiger partial charge on any atom is 0.263 e. The Hall–Kier alpha value is -3.08. The van der Waals surface area contributed by atoms with Gasteiger partial charge in [-0.15, -0.1) is 0 Å². The fraction of sp³-hybridized carbons (Fsp3) is 0.316. The van der Waals surface area contributed by atoms with Gasteiger partial charge in [0.1, 0.15) is 23.4 Å². The van der Waals surface area contributed by atoms with Gasteiger partial charge in [-0.2, -0.15) is 5.10 Å². The zero-order valence-corrected chi connectivity index (χ0v) is 16.8. The maximum absolute atomic E-state index is 13.3. The van der Waals surface area contributed by atoms with Gasteiger partial charge in [-0.25, -0.2) is 27.2 Å². The summed E-state index contributed by atoms with van der Waals surface area (Å²) in [5.41, 5.74) is -0.0649. The highest BCUT2D eigenvalue weighted by atomic mass is 32.2. The summed E-state index contributed by atoms with van der Waals surface area (Å²) in [6, 6.07) is 5.91. The highest BCUT2D eigenvalue weighted by Gasteiger charge is 2.22. The predicted molar refractivity (Wildman–Crippen MR) is 106 cm³/mol. The van der Waals surface area contributed by atoms with E-state index in [2.05, 4.69) is 24.7 Å². The van der Waals surface area contributed by atoms with Crippen molar-refractivity contribution in [2.75, 3.05) is 22.7 Å². The molecule has 1 atom stereocenters. The molecule has 0 saturated carbocycles. The van der Waals surface area contributed by atoms with E-state index in [1.807, 2.05) is 0 Å². The van der Waals surface area contributed by atoms with Crippen LogP contribution in [-0.4, -0.2) is 41.3 Å². The summed E-state index contributed by atoms with van der Waals surface area (Å²) in [7, 11) is -3.97. The van der Waals surface area contributed by atoms with E-state index < -0.39 is 21.7 Å². The van der Waals surface area contributed by atoms with Crippen molar-refractivity contribution in [2.24, 2.45) is 5.92 Å². The molecule has 1 aliphatic heterocycles. The molecular weight excluding hydrogens is 414 g/mol. The Bertz CT molecular complexity index is 1110. The van der Waals surface area contributed by atoms with Gasteiger partial charge in [-0.1, -0.05) is 0 Å². The molecule has 0 amide bonds. The van der Waals surface area contributed by atoms with E-state index in [0.29, 0.717) is 11.7 Å². The van der Waals surface area contributed by atoms with Crippen molar-refractivity contribution in [1.82, 2.24) is 19.7 Å². The van der Waals surface area contributed by atoms with E-state index in [-0.39, 0.29) is 10.6 Å². The van der Waals surface area contributed by atoms with Gasteiger partial charge in [-0.05, 0) is 43.0 Å². The number of sulfonamides is 1. The monoisotopic (exact) mass is 434 g/mol. The average molecular weight is 434 g/mol. The van der Waals surface area contributed by atoms with Crippen molar-refractivity contribution in [2.45, 2.75) is 24.3 Å². The summed E-state index contributed by atoms with van der Waals surface area (Å²) in [5.74, 6) is -1.10. The molecular formula is C19H20F2N6O2S. The third kappa shape index (κ3) is 4.56. The van der Waals surface area contributed by atoms with Crippen molar-refractivity contribution < 1.29 is 17.2 Å². The van der Waals surface area contributed by atoms with Crippen molar-refractivity contribution in [3.05, 3.63) is 60.8 Å². The van der Waals surface area contributed by atoms with Crippen LogP contribution in [0.5, 0.6) is 0 Å². The van der Waals surface area contributed by atoms with Crippen LogP contribution in [0.15, 0.2) is 54.1 Å². The number of piperidine rings is 1. The van der Waals surface area contributed by atoms with Gasteiger partial charge in [0.25, 0.3) is 10.0 Å². The Kier molecular flexibility index (Phi) is 5.62. The Balaban J connectivity index is 1.44. The summed E-state index contributed by atoms with van der Waals surface area (Å²) in [5, 5.41) is 4.14. The zero-order chi connectivity index (χ0) is 21.1. The van der Waals surface area contributed by atoms with Crippen LogP contribution in [0, 0.1) is 17.6 Å². The number of anilines is 2. The molecule has 4 rings (SSSR count). The molecule has 8 nitrogen and oxygen atoms in total. The standard InChI is InChI=1S/C19H20F2N6O2S/c20-17-5-3-15(8-18(17)21)25-30(28,29)16-4-6-19(23-9-16)26-7-1-2-14(10-26)11-27-13-22-12-24-27/h3-6,8-9,12-14,25H,1-2,7,10-11H2. The molecule has 1 N–H and O–H groups in total. The quantitative estimate of drug-likeness (QED) is 0.641. The Morgan fingerprint density at radius 2 is 2.03 bits per heavy atom. The van der Waals surface area contributed by atoms with Crippen LogP contribution in [0.2, 0.25) is 0 Å². The molecule has 0 spiro atoms. The van der Waals surface area contributed by atoms with Crippen LogP contribution < -0.4 is 9.62 Å². The van der Waals surface area contributed by atoms with Crippen LogP contribution in [-0.2, 0) is 16.6 Å². The molecule has 1 saturated heterocycles. The van der Waals surface area contributed by atoms with E-state index in [0.717, 1.165) is 50.7 Å². The Labute approximate surface area is 172 Å². The molecule has 2 aromatic heterocycles. The fourth-order valence-corrected chi connectivity index (χ4v) is 4.50. The largest absolute Gasteiger partial charge is 0.356 e. The lowest BCUT2D eigenvalue weighted by Gasteiger charge is -2.33. The van der Waals surface area contributed by atoms with E-state index in [9.17, 15) is 17.2 Å². The molecule has 11 heteroatoms. The number of pyridine rings is 1. The molecule has 3 heterocycles. The third-order valence-electron chi connectivity index (χ3n) is 4.96. The first-order chi connectivity index (χ1) is 14.4. The highest BCUT2D eigenvalue weighted by Crippen LogP contribution is 2.24. The first-order valence-electron chi connectivity index (χ1n) is 9.42. The number of hydrogen-bond donors (Lipinski definition) is 1. The summed E-state index contributed by atoms with van der Waals surface area (Å²) < 4.78 is 55.4. The minimum atomic E-state index is -3.97. The lowest BCUT2D eigenvalue weighted by Crippen LogP contribution is -2.37. The van der Waals surface area contributed by atoms with Crippen molar-refractivity contribution in [3.63, 3.8) is 0 Å². The second kappa shape index (κ2) is 8.34. The van der Waals surface area contributed by atoms with Gasteiger partial charge in [0.05, 0.1) is 5.69 Å². The highest BCUT2D eigenvalue weighted by molar-refractivity contribution is 7.92. The normalized spacial score (nSPS) is 17.1. The second-order valence-electron chi connectivity index (χ2n) is 7.16. The molecule has 30 heavy (non-hydrogen) atoms. The lowest BCUT2D eigenvalue weighted by atomic mass is 9.98. The minimum absolute atomic E-state index is 0.0628. The molecule has 0 radical (unpaired) electrons. The number of benzene rings is 1. The number of aromatic nitrogens is 4. The molecule has 0 bridgehead atoms. The molecule has 1 aliphatic rings. The van der Waals surface area contributed by atoms with Crippen LogP contribution in [0.25, 0.3) is 0 Å². The summed E-state index contributed by atoms with van der Waals surface area (Å²) in [6.45, 7) is 2.38. The second-order valence-corrected chi connectivity index (χ2v) is 8.84. The zero-order valence-electron chi connectivity index (χ0n) is 15.9. The van der Waals surface area contributed by atoms with E-state index in [1.54, 1.807) is 17.1 Å². The summed E-state index contributed by atoms with van der Waals surface area (Å²) in [6.07, 6.45) is 6.53. The van der Waals surface area contributed by atoms with Gasteiger partial charge >= 0.3 is 0 Å². The number of hydrogen-bond acceptors (Lipinski definition) is 6. The predicted octanol–water partition coefficient (Wildman–Crippen LogP) is 2.67. The SMILES string of the molecule is O=S(=O)(Nc1ccc(F)c(F)c1)c1ccc(N2CCCC(Cn3cncn3)C2)nc1. The number of halogens is 2. The van der Waals surface area contributed by atoms with Crippen LogP contribution in [0.3, 0.4) is 0 Å². The minimum Gasteiger partial charge on any atom is -0.356 e. The molecule has 1 aromatic carbocycles. The van der Waals surface area contributed by atoms with Crippen molar-refractivity contribution >= 4 is 21.5 Å². The van der Waals surface area contributed by atoms with Crippen LogP contribution >= 0.6 is 0 Å². The first kappa shape index (κ1) is 20.2. The van der Waals surface area contributed by atoms with Crippen molar-refractivity contribution in [3.8, 4) is 0 Å². The molecule has 3 aromatic rings. The van der Waals surface area contributed by atoms with Gasteiger partial charge in [0, 0.05) is 31.9 Å². The van der Waals surface area contributed by atoms with Gasteiger partial charge in [0.2, 0.25) is 0 Å². The Morgan fingerprint density at radius 1 is 1.17 bits per heavy atom. The van der Waals surface area contributed by atoms with Gasteiger partial charge in [-0.3, -0.25) is 9.40 Å². The Morgan fingerprint density at radius 3 is 2.73 bits per heavy atom. The number of rotatable bonds is 6. The topological polar surface area (TPSA) is 93.0 Å². The fourth-order valence-electron chi connectivity index (χ4n) is 3.51. The number of nitrogens with one attached hydrogen (secondary N) is 1. The maximum atomic E-state index is 13.3. The van der Waals surface area contributed by atoms with Crippen LogP contribution in [0.1, 0.15) is 12.8 Å². The summed E-state index contributed by atoms with van der Waals surface area (Å²) in [4.78, 5) is 10.3. The number of nitrogens with zero attached hydrogens (tertiary/aromatic N) is 5. The van der Waals surface area contributed by atoms with E-state index in [1.165, 1.54) is 18.6 Å². The van der Waals surface area contributed by atoms with E-state index >= 15 is 0 Å². The van der Waals surface area contributed by atoms with Crippen molar-refractivity contribution in [1.29, 1.82) is 0 Å². The van der Waals surface area contributed by atoms with Gasteiger partial charge < -0.3 is 4.90 Å². The summed E-state index contributed by atoms with van der Waals surface area (Å²) >= 11 is 0. The molecule has 1 unspecified atom stereocenters. The average Bonchev–Trinajstić information content (AvgIpc) is 3.24. The van der Waals surface area contributed by atoms with E-state index in [4.69, 9.17) is 0 Å². The van der Waals surface area contributed by atoms with Gasteiger partial charge in [0.15, 0.2) is 11.6 Å². The lowest BCUT2D eigenvalue weighted by molar-refractivity contribution is 0.350. The molecule has 158 valence electrons. The first-order valence-corrected chi connectivity index (χ1v) is 10.9.